The summed E-state index contributed by atoms with van der Waals surface area (Å²) >= 11 is 1.63. The molecule has 0 atom stereocenters. The standard InChI is InChI=1S/C22H23N3O2S/c26-21(20-14-17-8-3-1-2-4-10-19(17)28-20)24-18-9-5-7-16(13-18)15-25-12-6-11-23-22(25)27/h5-7,9,11-14H,1-4,8,10,15H2,(H,24,26). The minimum absolute atomic E-state index is 0.0626. The molecule has 4 rings (SSSR count). The predicted octanol–water partition coefficient (Wildman–Crippen LogP) is 4.26. The van der Waals surface area contributed by atoms with Gasteiger partial charge < -0.3 is 5.32 Å². The molecular weight excluding hydrogens is 370 g/mol. The molecule has 0 aliphatic heterocycles. The molecule has 5 nitrogen and oxygen atoms in total. The Bertz CT molecular complexity index is 1010. The number of anilines is 1. The lowest BCUT2D eigenvalue weighted by Gasteiger charge is -2.08. The van der Waals surface area contributed by atoms with Crippen molar-refractivity contribution in [2.45, 2.75) is 45.1 Å². The first kappa shape index (κ1) is 18.6. The summed E-state index contributed by atoms with van der Waals surface area (Å²) in [6.45, 7) is 0.420. The lowest BCUT2D eigenvalue weighted by molar-refractivity contribution is 0.103. The maximum Gasteiger partial charge on any atom is 0.347 e. The van der Waals surface area contributed by atoms with Gasteiger partial charge in [0.2, 0.25) is 0 Å². The molecule has 0 bridgehead atoms. The first-order valence-corrected chi connectivity index (χ1v) is 10.5. The van der Waals surface area contributed by atoms with Gasteiger partial charge in [-0.1, -0.05) is 25.0 Å². The van der Waals surface area contributed by atoms with Gasteiger partial charge in [-0.2, -0.15) is 0 Å². The van der Waals surface area contributed by atoms with E-state index < -0.39 is 0 Å². The molecule has 1 aliphatic carbocycles. The number of fused-ring (bicyclic) bond motifs is 1. The van der Waals surface area contributed by atoms with Gasteiger partial charge in [0.05, 0.1) is 11.4 Å². The topological polar surface area (TPSA) is 64.0 Å². The van der Waals surface area contributed by atoms with Crippen LogP contribution in [-0.2, 0) is 19.4 Å². The molecule has 0 spiro atoms. The highest BCUT2D eigenvalue weighted by Gasteiger charge is 2.16. The zero-order chi connectivity index (χ0) is 19.3. The van der Waals surface area contributed by atoms with E-state index in [0.717, 1.165) is 29.0 Å². The Morgan fingerprint density at radius 2 is 1.96 bits per heavy atom. The second-order valence-electron chi connectivity index (χ2n) is 7.16. The number of thiophene rings is 1. The molecule has 28 heavy (non-hydrogen) atoms. The second-order valence-corrected chi connectivity index (χ2v) is 8.29. The van der Waals surface area contributed by atoms with E-state index in [4.69, 9.17) is 0 Å². The second kappa shape index (κ2) is 8.52. The third kappa shape index (κ3) is 4.39. The van der Waals surface area contributed by atoms with Crippen molar-refractivity contribution < 1.29 is 4.79 Å². The number of nitrogens with zero attached hydrogens (tertiary/aromatic N) is 2. The van der Waals surface area contributed by atoms with E-state index in [1.54, 1.807) is 28.2 Å². The highest BCUT2D eigenvalue weighted by Crippen LogP contribution is 2.29. The molecule has 3 aromatic rings. The first-order chi connectivity index (χ1) is 13.7. The summed E-state index contributed by atoms with van der Waals surface area (Å²) in [6, 6.07) is 11.4. The van der Waals surface area contributed by atoms with Gasteiger partial charge in [0.1, 0.15) is 0 Å². The van der Waals surface area contributed by atoms with E-state index >= 15 is 0 Å². The van der Waals surface area contributed by atoms with Crippen LogP contribution in [0.15, 0.2) is 53.6 Å². The van der Waals surface area contributed by atoms with Gasteiger partial charge >= 0.3 is 5.69 Å². The van der Waals surface area contributed by atoms with Gasteiger partial charge in [0, 0.05) is 23.0 Å². The van der Waals surface area contributed by atoms with Gasteiger partial charge in [0.15, 0.2) is 0 Å². The van der Waals surface area contributed by atoms with Crippen molar-refractivity contribution in [2.24, 2.45) is 0 Å². The number of aromatic nitrogens is 2. The molecule has 0 unspecified atom stereocenters. The predicted molar refractivity (Wildman–Crippen MR) is 112 cm³/mol. The van der Waals surface area contributed by atoms with Gasteiger partial charge in [-0.05, 0) is 61.1 Å². The quantitative estimate of drug-likeness (QED) is 0.720. The number of hydrogen-bond donors (Lipinski definition) is 1. The lowest BCUT2D eigenvalue weighted by Crippen LogP contribution is -2.22. The SMILES string of the molecule is O=C(Nc1cccc(Cn2cccnc2=O)c1)c1cc2c(s1)CCCCCC2. The Hall–Kier alpha value is -2.73. The highest BCUT2D eigenvalue weighted by molar-refractivity contribution is 7.14. The molecule has 0 radical (unpaired) electrons. The molecular formula is C22H23N3O2S. The van der Waals surface area contributed by atoms with Crippen molar-refractivity contribution in [3.63, 3.8) is 0 Å². The average molecular weight is 394 g/mol. The van der Waals surface area contributed by atoms with Gasteiger partial charge in [-0.3, -0.25) is 9.36 Å². The number of amides is 1. The normalized spacial score (nSPS) is 14.0. The summed E-state index contributed by atoms with van der Waals surface area (Å²) in [5.41, 5.74) is 2.74. The van der Waals surface area contributed by atoms with Crippen molar-refractivity contribution in [3.05, 3.63) is 80.2 Å². The van der Waals surface area contributed by atoms with Crippen LogP contribution in [0.25, 0.3) is 0 Å². The Morgan fingerprint density at radius 1 is 1.11 bits per heavy atom. The highest BCUT2D eigenvalue weighted by atomic mass is 32.1. The molecule has 1 aromatic carbocycles. The van der Waals surface area contributed by atoms with E-state index in [0.29, 0.717) is 6.54 Å². The first-order valence-electron chi connectivity index (χ1n) is 9.72. The third-order valence-corrected chi connectivity index (χ3v) is 6.28. The Balaban J connectivity index is 1.48. The van der Waals surface area contributed by atoms with Crippen molar-refractivity contribution >= 4 is 22.9 Å². The van der Waals surface area contributed by atoms with Crippen LogP contribution in [-0.4, -0.2) is 15.5 Å². The fraction of sp³-hybridized carbons (Fsp3) is 0.318. The maximum absolute atomic E-state index is 12.8. The Kier molecular flexibility index (Phi) is 5.67. The number of hydrogen-bond acceptors (Lipinski definition) is 4. The van der Waals surface area contributed by atoms with Gasteiger partial charge in [0.25, 0.3) is 5.91 Å². The number of nitrogens with one attached hydrogen (secondary N) is 1. The number of aryl methyl sites for hydroxylation is 2. The molecule has 0 saturated heterocycles. The van der Waals surface area contributed by atoms with Crippen LogP contribution >= 0.6 is 11.3 Å². The molecule has 1 aliphatic rings. The molecule has 1 amide bonds. The molecule has 6 heteroatoms. The zero-order valence-electron chi connectivity index (χ0n) is 15.7. The summed E-state index contributed by atoms with van der Waals surface area (Å²) in [7, 11) is 0. The van der Waals surface area contributed by atoms with Crippen LogP contribution in [0.5, 0.6) is 0 Å². The van der Waals surface area contributed by atoms with Gasteiger partial charge in [-0.25, -0.2) is 9.78 Å². The summed E-state index contributed by atoms with van der Waals surface area (Å²) in [6.07, 6.45) is 10.3. The van der Waals surface area contributed by atoms with Crippen LogP contribution in [0.2, 0.25) is 0 Å². The van der Waals surface area contributed by atoms with Crippen LogP contribution in [0.4, 0.5) is 5.69 Å². The summed E-state index contributed by atoms with van der Waals surface area (Å²) in [4.78, 5) is 30.5. The van der Waals surface area contributed by atoms with E-state index in [-0.39, 0.29) is 11.6 Å². The molecule has 144 valence electrons. The van der Waals surface area contributed by atoms with E-state index in [9.17, 15) is 9.59 Å². The van der Waals surface area contributed by atoms with Crippen molar-refractivity contribution in [1.82, 2.24) is 9.55 Å². The van der Waals surface area contributed by atoms with Gasteiger partial charge in [-0.15, -0.1) is 11.3 Å². The minimum Gasteiger partial charge on any atom is -0.321 e. The molecule has 2 aromatic heterocycles. The van der Waals surface area contributed by atoms with E-state index in [1.807, 2.05) is 24.3 Å². The summed E-state index contributed by atoms with van der Waals surface area (Å²) < 4.78 is 1.54. The smallest absolute Gasteiger partial charge is 0.321 e. The lowest BCUT2D eigenvalue weighted by atomic mass is 10.00. The number of rotatable bonds is 4. The molecule has 0 saturated carbocycles. The maximum atomic E-state index is 12.8. The zero-order valence-corrected chi connectivity index (χ0v) is 16.5. The summed E-state index contributed by atoms with van der Waals surface area (Å²) in [5.74, 6) is -0.0626. The summed E-state index contributed by atoms with van der Waals surface area (Å²) in [5, 5.41) is 3.01. The fourth-order valence-electron chi connectivity index (χ4n) is 3.60. The minimum atomic E-state index is -0.284. The van der Waals surface area contributed by atoms with Crippen LogP contribution < -0.4 is 11.0 Å². The largest absolute Gasteiger partial charge is 0.347 e. The van der Waals surface area contributed by atoms with E-state index in [1.165, 1.54) is 42.3 Å². The van der Waals surface area contributed by atoms with Crippen molar-refractivity contribution in [3.8, 4) is 0 Å². The Morgan fingerprint density at radius 3 is 2.82 bits per heavy atom. The fourth-order valence-corrected chi connectivity index (χ4v) is 4.75. The van der Waals surface area contributed by atoms with Crippen molar-refractivity contribution in [1.29, 1.82) is 0 Å². The van der Waals surface area contributed by atoms with Crippen LogP contribution in [0.3, 0.4) is 0 Å². The molecule has 1 N–H and O–H groups in total. The average Bonchev–Trinajstić information content (AvgIpc) is 3.06. The van der Waals surface area contributed by atoms with Crippen LogP contribution in [0, 0.1) is 0 Å². The monoisotopic (exact) mass is 393 g/mol. The van der Waals surface area contributed by atoms with Crippen molar-refractivity contribution in [2.75, 3.05) is 5.32 Å². The van der Waals surface area contributed by atoms with Crippen LogP contribution in [0.1, 0.15) is 51.4 Å². The van der Waals surface area contributed by atoms with E-state index in [2.05, 4.69) is 16.4 Å². The Labute approximate surface area is 168 Å². The molecule has 0 fully saturated rings. The number of benzene rings is 1. The number of carbonyl (C=O) groups excluding carboxylic acids is 1. The molecule has 2 heterocycles. The third-order valence-electron chi connectivity index (χ3n) is 5.04. The number of carbonyl (C=O) groups is 1.